The largest absolute Gasteiger partial charge is 0.369 e. The van der Waals surface area contributed by atoms with Crippen LogP contribution in [-0.2, 0) is 0 Å². The molecule has 0 atom stereocenters. The number of hydrogen-bond acceptors (Lipinski definition) is 3. The minimum absolute atomic E-state index is 0.0527. The smallest absolute Gasteiger partial charge is 0.211 e. The first-order chi connectivity index (χ1) is 9.70. The Balaban J connectivity index is 2.36. The van der Waals surface area contributed by atoms with Gasteiger partial charge in [-0.1, -0.05) is 36.4 Å². The average Bonchev–Trinajstić information content (AvgIpc) is 2.47. The van der Waals surface area contributed by atoms with Crippen molar-refractivity contribution in [1.82, 2.24) is 0 Å². The number of thioether (sulfide) groups is 1. The summed E-state index contributed by atoms with van der Waals surface area (Å²) in [5, 5.41) is 7.49. The first-order valence-corrected chi connectivity index (χ1v) is 7.28. The van der Waals surface area contributed by atoms with E-state index in [1.807, 2.05) is 24.3 Å². The molecule has 0 unspecified atom stereocenters. The van der Waals surface area contributed by atoms with E-state index in [-0.39, 0.29) is 5.96 Å². The molecule has 2 rings (SSSR count). The summed E-state index contributed by atoms with van der Waals surface area (Å²) in [6, 6.07) is 16.4. The lowest BCUT2D eigenvalue weighted by Crippen LogP contribution is -2.21. The molecule has 0 radical (unpaired) electrons. The van der Waals surface area contributed by atoms with Crippen LogP contribution in [0.2, 0.25) is 0 Å². The third kappa shape index (κ3) is 3.61. The molecule has 0 saturated heterocycles. The molecule has 0 aliphatic rings. The van der Waals surface area contributed by atoms with Crippen molar-refractivity contribution in [2.24, 2.45) is 21.7 Å². The highest BCUT2D eigenvalue weighted by Crippen LogP contribution is 2.25. The van der Waals surface area contributed by atoms with Gasteiger partial charge in [0.1, 0.15) is 0 Å². The van der Waals surface area contributed by atoms with Crippen LogP contribution in [0, 0.1) is 0 Å². The predicted octanol–water partition coefficient (Wildman–Crippen LogP) is 2.68. The van der Waals surface area contributed by atoms with E-state index in [1.165, 1.54) is 4.90 Å². The Kier molecular flexibility index (Phi) is 4.79. The molecule has 4 N–H and O–H groups in total. The van der Waals surface area contributed by atoms with Gasteiger partial charge in [-0.05, 0) is 29.5 Å². The topological polar surface area (TPSA) is 76.8 Å². The molecule has 0 bridgehead atoms. The first-order valence-electron chi connectivity index (χ1n) is 6.06. The lowest BCUT2D eigenvalue weighted by molar-refractivity contribution is 1.21. The average molecular weight is 284 g/mol. The van der Waals surface area contributed by atoms with Gasteiger partial charge < -0.3 is 11.5 Å². The third-order valence-electron chi connectivity index (χ3n) is 2.73. The summed E-state index contributed by atoms with van der Waals surface area (Å²) in [5.41, 5.74) is 13.7. The van der Waals surface area contributed by atoms with Gasteiger partial charge in [0.2, 0.25) is 5.96 Å². The van der Waals surface area contributed by atoms with Crippen molar-refractivity contribution >= 4 is 23.9 Å². The van der Waals surface area contributed by atoms with Gasteiger partial charge in [0, 0.05) is 10.5 Å². The van der Waals surface area contributed by atoms with Gasteiger partial charge in [0.05, 0.1) is 6.21 Å². The van der Waals surface area contributed by atoms with E-state index >= 15 is 0 Å². The second-order valence-electron chi connectivity index (χ2n) is 4.09. The number of guanidine groups is 1. The molecule has 5 heteroatoms. The summed E-state index contributed by atoms with van der Waals surface area (Å²) < 4.78 is 0. The summed E-state index contributed by atoms with van der Waals surface area (Å²) in [4.78, 5) is 1.24. The number of benzene rings is 2. The van der Waals surface area contributed by atoms with Crippen LogP contribution in [0.3, 0.4) is 0 Å². The lowest BCUT2D eigenvalue weighted by atomic mass is 10.0. The maximum absolute atomic E-state index is 5.25. The first kappa shape index (κ1) is 14.1. The van der Waals surface area contributed by atoms with E-state index in [0.29, 0.717) is 0 Å². The maximum Gasteiger partial charge on any atom is 0.211 e. The van der Waals surface area contributed by atoms with Gasteiger partial charge in [-0.25, -0.2) is 0 Å². The zero-order valence-electron chi connectivity index (χ0n) is 11.2. The number of nitrogens with two attached hydrogens (primary N) is 2. The molecule has 0 aromatic heterocycles. The monoisotopic (exact) mass is 284 g/mol. The molecule has 0 saturated carbocycles. The van der Waals surface area contributed by atoms with E-state index < -0.39 is 0 Å². The van der Waals surface area contributed by atoms with Gasteiger partial charge in [-0.15, -0.1) is 16.9 Å². The fraction of sp³-hybridized carbons (Fsp3) is 0.0667. The fourth-order valence-electron chi connectivity index (χ4n) is 1.80. The van der Waals surface area contributed by atoms with Gasteiger partial charge in [-0.3, -0.25) is 0 Å². The highest BCUT2D eigenvalue weighted by Gasteiger charge is 2.02. The molecule has 2 aromatic rings. The molecule has 0 heterocycles. The van der Waals surface area contributed by atoms with Crippen LogP contribution in [0.15, 0.2) is 63.6 Å². The van der Waals surface area contributed by atoms with Crippen LogP contribution in [0.25, 0.3) is 11.1 Å². The zero-order valence-corrected chi connectivity index (χ0v) is 12.0. The molecular weight excluding hydrogens is 268 g/mol. The van der Waals surface area contributed by atoms with E-state index in [0.717, 1.165) is 16.7 Å². The molecule has 20 heavy (non-hydrogen) atoms. The summed E-state index contributed by atoms with van der Waals surface area (Å²) in [6.45, 7) is 0. The van der Waals surface area contributed by atoms with Crippen LogP contribution in [0.1, 0.15) is 5.56 Å². The Morgan fingerprint density at radius 2 is 1.75 bits per heavy atom. The SMILES string of the molecule is CSc1ccc(-c2ccccc2C=NN=C(N)N)cc1. The third-order valence-corrected chi connectivity index (χ3v) is 3.48. The van der Waals surface area contributed by atoms with Crippen molar-refractivity contribution in [1.29, 1.82) is 0 Å². The highest BCUT2D eigenvalue weighted by atomic mass is 32.2. The molecule has 2 aromatic carbocycles. The standard InChI is InChI=1S/C15H16N4S/c1-20-13-8-6-11(7-9-13)14-5-3-2-4-12(14)10-18-19-15(16)17/h2-10H,1H3,(H4,16,17,19). The minimum Gasteiger partial charge on any atom is -0.369 e. The summed E-state index contributed by atoms with van der Waals surface area (Å²) in [6.07, 6.45) is 3.71. The van der Waals surface area contributed by atoms with E-state index in [9.17, 15) is 0 Å². The van der Waals surface area contributed by atoms with Crippen molar-refractivity contribution in [3.05, 3.63) is 54.1 Å². The van der Waals surface area contributed by atoms with E-state index in [2.05, 4.69) is 40.7 Å². The number of rotatable bonds is 4. The fourth-order valence-corrected chi connectivity index (χ4v) is 2.21. The minimum atomic E-state index is -0.0527. The van der Waals surface area contributed by atoms with Gasteiger partial charge in [-0.2, -0.15) is 5.10 Å². The number of hydrogen-bond donors (Lipinski definition) is 2. The van der Waals surface area contributed by atoms with E-state index in [1.54, 1.807) is 18.0 Å². The van der Waals surface area contributed by atoms with Crippen molar-refractivity contribution < 1.29 is 0 Å². The summed E-state index contributed by atoms with van der Waals surface area (Å²) in [7, 11) is 0. The Labute approximate surface area is 122 Å². The van der Waals surface area contributed by atoms with Crippen LogP contribution in [0.5, 0.6) is 0 Å². The summed E-state index contributed by atoms with van der Waals surface area (Å²) >= 11 is 1.72. The quantitative estimate of drug-likeness (QED) is 0.392. The van der Waals surface area contributed by atoms with Crippen molar-refractivity contribution in [3.8, 4) is 11.1 Å². The Bertz CT molecular complexity index is 629. The van der Waals surface area contributed by atoms with Gasteiger partial charge in [0.15, 0.2) is 0 Å². The molecule has 0 aliphatic heterocycles. The zero-order chi connectivity index (χ0) is 14.4. The van der Waals surface area contributed by atoms with Crippen LogP contribution in [0.4, 0.5) is 0 Å². The van der Waals surface area contributed by atoms with Crippen molar-refractivity contribution in [2.45, 2.75) is 4.90 Å². The summed E-state index contributed by atoms with van der Waals surface area (Å²) in [5.74, 6) is -0.0527. The van der Waals surface area contributed by atoms with Crippen LogP contribution >= 0.6 is 11.8 Å². The molecule has 4 nitrogen and oxygen atoms in total. The van der Waals surface area contributed by atoms with Gasteiger partial charge in [0.25, 0.3) is 0 Å². The maximum atomic E-state index is 5.25. The second kappa shape index (κ2) is 6.77. The van der Waals surface area contributed by atoms with Gasteiger partial charge >= 0.3 is 0 Å². The second-order valence-corrected chi connectivity index (χ2v) is 4.96. The molecule has 0 aliphatic carbocycles. The number of nitrogens with zero attached hydrogens (tertiary/aromatic N) is 2. The van der Waals surface area contributed by atoms with Crippen molar-refractivity contribution in [2.75, 3.05) is 6.26 Å². The molecular formula is C15H16N4S. The Morgan fingerprint density at radius 1 is 1.05 bits per heavy atom. The molecule has 0 amide bonds. The van der Waals surface area contributed by atoms with Crippen molar-refractivity contribution in [3.63, 3.8) is 0 Å². The van der Waals surface area contributed by atoms with E-state index in [4.69, 9.17) is 11.5 Å². The lowest BCUT2D eigenvalue weighted by Gasteiger charge is -2.06. The molecule has 102 valence electrons. The predicted molar refractivity (Wildman–Crippen MR) is 87.1 cm³/mol. The Morgan fingerprint density at radius 3 is 2.40 bits per heavy atom. The molecule has 0 spiro atoms. The Hall–Kier alpha value is -2.27. The molecule has 0 fully saturated rings. The normalized spacial score (nSPS) is 10.7. The van der Waals surface area contributed by atoms with Crippen LogP contribution < -0.4 is 11.5 Å². The highest BCUT2D eigenvalue weighted by molar-refractivity contribution is 7.98. The van der Waals surface area contributed by atoms with Crippen LogP contribution in [-0.4, -0.2) is 18.4 Å².